The largest absolute Gasteiger partial charge is 0.388 e. The predicted molar refractivity (Wildman–Crippen MR) is 76.1 cm³/mol. The van der Waals surface area contributed by atoms with Gasteiger partial charge < -0.3 is 9.67 Å². The summed E-state index contributed by atoms with van der Waals surface area (Å²) in [5.74, 6) is 1.98. The van der Waals surface area contributed by atoms with Crippen LogP contribution in [0, 0.1) is 11.8 Å². The molecule has 2 aromatic rings. The molecule has 1 unspecified atom stereocenters. The number of nitrogens with zero attached hydrogens (tertiary/aromatic N) is 4. The summed E-state index contributed by atoms with van der Waals surface area (Å²) in [5, 5.41) is 14.4. The number of rotatable bonds is 6. The third-order valence-corrected chi connectivity index (χ3v) is 3.74. The zero-order valence-corrected chi connectivity index (χ0v) is 12.1. The van der Waals surface area contributed by atoms with Crippen molar-refractivity contribution in [3.8, 4) is 0 Å². The minimum atomic E-state index is -0.301. The third-order valence-electron chi connectivity index (χ3n) is 3.74. The van der Waals surface area contributed by atoms with Crippen LogP contribution in [0.2, 0.25) is 0 Å². The van der Waals surface area contributed by atoms with Crippen molar-refractivity contribution in [3.63, 3.8) is 0 Å². The average Bonchev–Trinajstić information content (AvgIpc) is 3.01. The Morgan fingerprint density at radius 3 is 2.90 bits per heavy atom. The van der Waals surface area contributed by atoms with Crippen LogP contribution >= 0.6 is 0 Å². The molecule has 0 aromatic carbocycles. The van der Waals surface area contributed by atoms with Crippen molar-refractivity contribution in [2.45, 2.75) is 45.9 Å². The summed E-state index contributed by atoms with van der Waals surface area (Å²) in [5.41, 5.74) is 1.02. The normalized spacial score (nSPS) is 16.8. The number of aromatic nitrogens is 4. The zero-order chi connectivity index (χ0) is 14.1. The van der Waals surface area contributed by atoms with Gasteiger partial charge in [0.05, 0.1) is 12.6 Å². The maximum Gasteiger partial charge on any atom is 0.146 e. The molecule has 0 bridgehead atoms. The fraction of sp³-hybridized carbons (Fsp3) is 0.600. The van der Waals surface area contributed by atoms with Crippen LogP contribution in [0.15, 0.2) is 24.8 Å². The zero-order valence-electron chi connectivity index (χ0n) is 12.1. The van der Waals surface area contributed by atoms with Crippen molar-refractivity contribution in [1.82, 2.24) is 19.3 Å². The average molecular weight is 274 g/mol. The van der Waals surface area contributed by atoms with Crippen LogP contribution in [0.4, 0.5) is 0 Å². The minimum Gasteiger partial charge on any atom is -0.388 e. The van der Waals surface area contributed by atoms with Gasteiger partial charge in [0.15, 0.2) is 0 Å². The van der Waals surface area contributed by atoms with Gasteiger partial charge in [0.2, 0.25) is 0 Å². The van der Waals surface area contributed by atoms with Gasteiger partial charge in [-0.1, -0.05) is 13.8 Å². The number of hydrogen-bond donors (Lipinski definition) is 1. The first-order valence-corrected chi connectivity index (χ1v) is 7.34. The van der Waals surface area contributed by atoms with Gasteiger partial charge in [-0.05, 0) is 36.3 Å². The lowest BCUT2D eigenvalue weighted by atomic mass is 10.1. The Balaban J connectivity index is 1.70. The molecule has 108 valence electrons. The lowest BCUT2D eigenvalue weighted by Gasteiger charge is -2.09. The molecule has 0 radical (unpaired) electrons. The molecule has 3 rings (SSSR count). The van der Waals surface area contributed by atoms with E-state index in [1.165, 1.54) is 0 Å². The molecule has 1 aliphatic carbocycles. The third kappa shape index (κ3) is 2.93. The first-order chi connectivity index (χ1) is 9.63. The van der Waals surface area contributed by atoms with Crippen LogP contribution in [-0.2, 0) is 13.1 Å². The predicted octanol–water partition coefficient (Wildman–Crippen LogP) is 2.23. The number of aliphatic hydroxyl groups is 1. The van der Waals surface area contributed by atoms with Crippen LogP contribution in [0.25, 0.3) is 0 Å². The van der Waals surface area contributed by atoms with E-state index in [1.807, 2.05) is 23.1 Å². The molecule has 20 heavy (non-hydrogen) atoms. The monoisotopic (exact) mass is 274 g/mol. The second-order valence-electron chi connectivity index (χ2n) is 6.15. The van der Waals surface area contributed by atoms with Gasteiger partial charge in [-0.25, -0.2) is 9.67 Å². The van der Waals surface area contributed by atoms with Gasteiger partial charge in [0, 0.05) is 18.9 Å². The molecule has 1 saturated carbocycles. The first-order valence-electron chi connectivity index (χ1n) is 7.34. The van der Waals surface area contributed by atoms with E-state index in [-0.39, 0.29) is 6.10 Å². The molecule has 1 fully saturated rings. The Morgan fingerprint density at radius 2 is 2.20 bits per heavy atom. The highest BCUT2D eigenvalue weighted by atomic mass is 16.3. The van der Waals surface area contributed by atoms with Gasteiger partial charge in [-0.15, -0.1) is 0 Å². The molecule has 1 aliphatic rings. The summed E-state index contributed by atoms with van der Waals surface area (Å²) in [7, 11) is 0. The molecule has 0 saturated heterocycles. The van der Waals surface area contributed by atoms with Crippen LogP contribution in [0.3, 0.4) is 0 Å². The highest BCUT2D eigenvalue weighted by Gasteiger charge is 2.31. The summed E-state index contributed by atoms with van der Waals surface area (Å²) >= 11 is 0. The highest BCUT2D eigenvalue weighted by Crippen LogP contribution is 2.40. The number of aliphatic hydroxyl groups excluding tert-OH is 1. The Labute approximate surface area is 119 Å². The van der Waals surface area contributed by atoms with Crippen molar-refractivity contribution >= 4 is 0 Å². The molecule has 1 atom stereocenters. The van der Waals surface area contributed by atoms with E-state index in [0.29, 0.717) is 18.4 Å². The second kappa shape index (κ2) is 5.40. The van der Waals surface area contributed by atoms with Crippen molar-refractivity contribution < 1.29 is 5.11 Å². The fourth-order valence-electron chi connectivity index (χ4n) is 2.49. The Morgan fingerprint density at radius 1 is 1.40 bits per heavy atom. The Hall–Kier alpha value is -1.62. The second-order valence-corrected chi connectivity index (χ2v) is 6.15. The lowest BCUT2D eigenvalue weighted by molar-refractivity contribution is 0.154. The molecule has 0 aliphatic heterocycles. The SMILES string of the molecule is CC(C)Cn1ncnc1Cn1ccc(C(O)C2CC2)c1. The molecule has 0 spiro atoms. The Kier molecular flexibility index (Phi) is 3.61. The van der Waals surface area contributed by atoms with Gasteiger partial charge in [0.25, 0.3) is 0 Å². The molecule has 1 N–H and O–H groups in total. The highest BCUT2D eigenvalue weighted by molar-refractivity contribution is 5.16. The van der Waals surface area contributed by atoms with Crippen LogP contribution < -0.4 is 0 Å². The molecule has 0 amide bonds. The topological polar surface area (TPSA) is 55.9 Å². The van der Waals surface area contributed by atoms with Crippen molar-refractivity contribution in [2.24, 2.45) is 11.8 Å². The summed E-state index contributed by atoms with van der Waals surface area (Å²) in [6, 6.07) is 2.01. The van der Waals surface area contributed by atoms with Crippen molar-refractivity contribution in [2.75, 3.05) is 0 Å². The Bertz CT molecular complexity index is 568. The standard InChI is InChI=1S/C15H22N4O/c1-11(2)7-19-14(16-10-17-19)9-18-6-5-13(8-18)15(20)12-3-4-12/h5-6,8,10-12,15,20H,3-4,7,9H2,1-2H3. The van der Waals surface area contributed by atoms with E-state index >= 15 is 0 Å². The van der Waals surface area contributed by atoms with E-state index in [0.717, 1.165) is 30.8 Å². The molecular formula is C15H22N4O. The summed E-state index contributed by atoms with van der Waals surface area (Å²) in [4.78, 5) is 4.33. The van der Waals surface area contributed by atoms with E-state index in [9.17, 15) is 5.11 Å². The maximum atomic E-state index is 10.1. The van der Waals surface area contributed by atoms with Gasteiger partial charge >= 0.3 is 0 Å². The first kappa shape index (κ1) is 13.4. The van der Waals surface area contributed by atoms with E-state index in [2.05, 4.69) is 28.5 Å². The molecule has 2 heterocycles. The van der Waals surface area contributed by atoms with Crippen molar-refractivity contribution in [1.29, 1.82) is 0 Å². The molecular weight excluding hydrogens is 252 g/mol. The van der Waals surface area contributed by atoms with E-state index in [4.69, 9.17) is 0 Å². The summed E-state index contributed by atoms with van der Waals surface area (Å²) < 4.78 is 4.03. The fourth-order valence-corrected chi connectivity index (χ4v) is 2.49. The smallest absolute Gasteiger partial charge is 0.146 e. The number of hydrogen-bond acceptors (Lipinski definition) is 3. The van der Waals surface area contributed by atoms with Gasteiger partial charge in [-0.3, -0.25) is 0 Å². The lowest BCUT2D eigenvalue weighted by Crippen LogP contribution is -2.12. The van der Waals surface area contributed by atoms with Crippen LogP contribution in [0.5, 0.6) is 0 Å². The van der Waals surface area contributed by atoms with E-state index < -0.39 is 0 Å². The van der Waals surface area contributed by atoms with Crippen LogP contribution in [0.1, 0.15) is 44.2 Å². The maximum absolute atomic E-state index is 10.1. The van der Waals surface area contributed by atoms with Gasteiger partial charge in [-0.2, -0.15) is 5.10 Å². The quantitative estimate of drug-likeness (QED) is 0.878. The molecule has 5 heteroatoms. The van der Waals surface area contributed by atoms with Gasteiger partial charge in [0.1, 0.15) is 12.2 Å². The van der Waals surface area contributed by atoms with Crippen molar-refractivity contribution in [3.05, 3.63) is 36.2 Å². The minimum absolute atomic E-state index is 0.301. The van der Waals surface area contributed by atoms with E-state index in [1.54, 1.807) is 6.33 Å². The van der Waals surface area contributed by atoms with Crippen LogP contribution in [-0.4, -0.2) is 24.4 Å². The molecule has 5 nitrogen and oxygen atoms in total. The summed E-state index contributed by atoms with van der Waals surface area (Å²) in [6.45, 7) is 5.93. The summed E-state index contributed by atoms with van der Waals surface area (Å²) in [6.07, 6.45) is 7.64. The molecule has 2 aromatic heterocycles.